The van der Waals surface area contributed by atoms with Crippen LogP contribution in [0.25, 0.3) is 0 Å². The first-order chi connectivity index (χ1) is 18.0. The number of halogens is 3. The van der Waals surface area contributed by atoms with Crippen molar-refractivity contribution in [1.82, 2.24) is 20.2 Å². The quantitative estimate of drug-likeness (QED) is 0.317. The minimum absolute atomic E-state index is 0.0460. The molecule has 2 heterocycles. The smallest absolute Gasteiger partial charge is 0.314 e. The van der Waals surface area contributed by atoms with Crippen LogP contribution in [0.3, 0.4) is 0 Å². The van der Waals surface area contributed by atoms with Crippen LogP contribution < -0.4 is 15.5 Å². The first-order valence-corrected chi connectivity index (χ1v) is 15.0. The topological polar surface area (TPSA) is 113 Å². The van der Waals surface area contributed by atoms with Gasteiger partial charge in [0.25, 0.3) is 5.91 Å². The highest BCUT2D eigenvalue weighted by atomic mass is 79.9. The summed E-state index contributed by atoms with van der Waals surface area (Å²) < 4.78 is 29.4. The molecule has 0 spiro atoms. The first-order valence-electron chi connectivity index (χ1n) is 11.8. The fourth-order valence-corrected chi connectivity index (χ4v) is 6.81. The van der Waals surface area contributed by atoms with E-state index < -0.39 is 15.4 Å². The number of sulfone groups is 1. The molecule has 0 unspecified atom stereocenters. The Morgan fingerprint density at radius 3 is 2.39 bits per heavy atom. The molecule has 9 nitrogen and oxygen atoms in total. The number of anilines is 2. The number of aromatic nitrogens is 2. The van der Waals surface area contributed by atoms with Gasteiger partial charge in [0.15, 0.2) is 14.9 Å². The summed E-state index contributed by atoms with van der Waals surface area (Å²) in [6.07, 6.45) is 2.30. The molecular formula is C25H26BrCl2N5O4S. The van der Waals surface area contributed by atoms with Gasteiger partial charge in [-0.2, -0.15) is 0 Å². The van der Waals surface area contributed by atoms with E-state index in [9.17, 15) is 18.0 Å². The number of fused-ring (bicyclic) bond motifs is 1. The highest BCUT2D eigenvalue weighted by Crippen LogP contribution is 2.44. The highest BCUT2D eigenvalue weighted by Gasteiger charge is 2.51. The first kappa shape index (κ1) is 28.4. The van der Waals surface area contributed by atoms with Crippen molar-refractivity contribution >= 4 is 72.5 Å². The Morgan fingerprint density at radius 1 is 1.11 bits per heavy atom. The number of rotatable bonds is 9. The predicted molar refractivity (Wildman–Crippen MR) is 151 cm³/mol. The number of amides is 3. The second-order valence-electron chi connectivity index (χ2n) is 9.11. The molecule has 0 fully saturated rings. The maximum absolute atomic E-state index is 14.0. The Balaban J connectivity index is 1.73. The average molecular weight is 643 g/mol. The lowest BCUT2D eigenvalue weighted by atomic mass is 9.92. The van der Waals surface area contributed by atoms with E-state index in [1.807, 2.05) is 24.3 Å². The number of nitrogens with zero attached hydrogens (tertiary/aromatic N) is 3. The van der Waals surface area contributed by atoms with Crippen molar-refractivity contribution in [2.45, 2.75) is 36.8 Å². The van der Waals surface area contributed by atoms with Crippen molar-refractivity contribution in [2.24, 2.45) is 0 Å². The van der Waals surface area contributed by atoms with E-state index in [1.54, 1.807) is 25.1 Å². The van der Waals surface area contributed by atoms with E-state index in [2.05, 4.69) is 31.5 Å². The molecule has 1 aliphatic rings. The van der Waals surface area contributed by atoms with Gasteiger partial charge in [0, 0.05) is 34.5 Å². The van der Waals surface area contributed by atoms with Crippen LogP contribution >= 0.6 is 39.1 Å². The lowest BCUT2D eigenvalue weighted by molar-refractivity contribution is -0.124. The summed E-state index contributed by atoms with van der Waals surface area (Å²) in [5.41, 5.74) is -0.0566. The van der Waals surface area contributed by atoms with Crippen LogP contribution in [0.4, 0.5) is 16.4 Å². The summed E-state index contributed by atoms with van der Waals surface area (Å²) >= 11 is 15.9. The molecule has 2 N–H and O–H groups in total. The van der Waals surface area contributed by atoms with Gasteiger partial charge < -0.3 is 10.6 Å². The third-order valence-corrected chi connectivity index (χ3v) is 9.02. The molecule has 0 saturated carbocycles. The van der Waals surface area contributed by atoms with Crippen LogP contribution in [0.5, 0.6) is 0 Å². The zero-order chi connectivity index (χ0) is 27.7. The Labute approximate surface area is 239 Å². The van der Waals surface area contributed by atoms with Crippen molar-refractivity contribution < 1.29 is 18.0 Å². The van der Waals surface area contributed by atoms with E-state index in [0.717, 1.165) is 10.0 Å². The summed E-state index contributed by atoms with van der Waals surface area (Å²) in [5, 5.41) is 5.70. The summed E-state index contributed by atoms with van der Waals surface area (Å²) in [7, 11) is -2.32. The number of unbranched alkanes of at least 4 members (excludes halogenated alkanes) is 1. The lowest BCUT2D eigenvalue weighted by Gasteiger charge is -2.26. The number of carbonyl (C=O) groups is 2. The molecule has 13 heteroatoms. The maximum atomic E-state index is 14.0. The highest BCUT2D eigenvalue weighted by molar-refractivity contribution is 9.10. The van der Waals surface area contributed by atoms with E-state index in [-0.39, 0.29) is 35.1 Å². The fraction of sp³-hybridized carbons (Fsp3) is 0.320. The monoisotopic (exact) mass is 641 g/mol. The van der Waals surface area contributed by atoms with Crippen molar-refractivity contribution in [3.63, 3.8) is 0 Å². The van der Waals surface area contributed by atoms with Gasteiger partial charge in [-0.15, -0.1) is 0 Å². The predicted octanol–water partition coefficient (Wildman–Crippen LogP) is 5.07. The number of carbonyl (C=O) groups excluding carboxylic acids is 2. The molecule has 202 valence electrons. The Bertz CT molecular complexity index is 1460. The molecule has 0 radical (unpaired) electrons. The standard InChI is InChI=1S/C25H26BrCl2N5O4S/c1-25(14-16-5-7-17(26)8-6-16)22(34)32(20-12-18(27)11-19(28)13-20)24-31-15-21(33(24)25)38(36,37)10-4-3-9-30-23(35)29-2/h5-8,11-13,15H,3-4,9-10,14H2,1-2H3,(H2,29,30,35)/t25-/m1/s1. The minimum atomic E-state index is -3.83. The molecule has 3 aromatic rings. The molecule has 0 aliphatic carbocycles. The number of nitrogens with one attached hydrogen (secondary N) is 2. The molecular weight excluding hydrogens is 617 g/mol. The number of hydrogen-bond donors (Lipinski definition) is 2. The van der Waals surface area contributed by atoms with Crippen LogP contribution in [0, 0.1) is 0 Å². The van der Waals surface area contributed by atoms with Gasteiger partial charge in [-0.05, 0) is 55.7 Å². The van der Waals surface area contributed by atoms with E-state index in [0.29, 0.717) is 35.1 Å². The molecule has 4 rings (SSSR count). The van der Waals surface area contributed by atoms with Crippen LogP contribution in [-0.2, 0) is 26.6 Å². The molecule has 1 aliphatic heterocycles. The minimum Gasteiger partial charge on any atom is -0.341 e. The molecule has 1 atom stereocenters. The van der Waals surface area contributed by atoms with Gasteiger partial charge in [-0.3, -0.25) is 9.36 Å². The van der Waals surface area contributed by atoms with Crippen LogP contribution in [0.2, 0.25) is 10.0 Å². The Kier molecular flexibility index (Phi) is 8.41. The number of hydrogen-bond acceptors (Lipinski definition) is 5. The molecule has 2 aromatic carbocycles. The van der Waals surface area contributed by atoms with Crippen LogP contribution in [0.1, 0.15) is 25.3 Å². The summed E-state index contributed by atoms with van der Waals surface area (Å²) in [6.45, 7) is 2.05. The Morgan fingerprint density at radius 2 is 1.76 bits per heavy atom. The van der Waals surface area contributed by atoms with Crippen molar-refractivity contribution in [1.29, 1.82) is 0 Å². The SMILES string of the molecule is CNC(=O)NCCCCS(=O)(=O)c1cnc2n1[C@](C)(Cc1ccc(Br)cc1)C(=O)N2c1cc(Cl)cc(Cl)c1. The van der Waals surface area contributed by atoms with Gasteiger partial charge in [-0.25, -0.2) is 23.1 Å². The van der Waals surface area contributed by atoms with Gasteiger partial charge in [-0.1, -0.05) is 51.3 Å². The number of urea groups is 1. The zero-order valence-corrected chi connectivity index (χ0v) is 24.6. The molecule has 0 saturated heterocycles. The number of imidazole rings is 1. The molecule has 3 amide bonds. The van der Waals surface area contributed by atoms with Crippen molar-refractivity contribution in [2.75, 3.05) is 24.2 Å². The normalized spacial score (nSPS) is 17.0. The Hall–Kier alpha value is -2.60. The van der Waals surface area contributed by atoms with E-state index in [4.69, 9.17) is 23.2 Å². The number of benzene rings is 2. The molecule has 0 bridgehead atoms. The summed E-state index contributed by atoms with van der Waals surface area (Å²) in [6, 6.07) is 11.9. The van der Waals surface area contributed by atoms with Crippen molar-refractivity contribution in [3.05, 3.63) is 68.7 Å². The van der Waals surface area contributed by atoms with Crippen LogP contribution in [-0.4, -0.2) is 49.3 Å². The summed E-state index contributed by atoms with van der Waals surface area (Å²) in [4.78, 5) is 31.1. The molecule has 1 aromatic heterocycles. The zero-order valence-electron chi connectivity index (χ0n) is 20.7. The lowest BCUT2D eigenvalue weighted by Crippen LogP contribution is -2.42. The van der Waals surface area contributed by atoms with Crippen LogP contribution in [0.15, 0.2) is 58.2 Å². The van der Waals surface area contributed by atoms with Gasteiger partial charge >= 0.3 is 6.03 Å². The second-order valence-corrected chi connectivity index (χ2v) is 13.0. The second kappa shape index (κ2) is 11.3. The van der Waals surface area contributed by atoms with Crippen molar-refractivity contribution in [3.8, 4) is 0 Å². The van der Waals surface area contributed by atoms with Gasteiger partial charge in [0.05, 0.1) is 17.6 Å². The van der Waals surface area contributed by atoms with Gasteiger partial charge in [0.2, 0.25) is 5.95 Å². The van der Waals surface area contributed by atoms with E-state index >= 15 is 0 Å². The maximum Gasteiger partial charge on any atom is 0.314 e. The molecule has 38 heavy (non-hydrogen) atoms. The third-order valence-electron chi connectivity index (χ3n) is 6.31. The third kappa shape index (κ3) is 5.70. The van der Waals surface area contributed by atoms with E-state index in [1.165, 1.54) is 22.7 Å². The largest absolute Gasteiger partial charge is 0.341 e. The average Bonchev–Trinajstić information content (AvgIpc) is 3.38. The summed E-state index contributed by atoms with van der Waals surface area (Å²) in [5.74, 6) is -0.347. The van der Waals surface area contributed by atoms with Gasteiger partial charge in [0.1, 0.15) is 5.54 Å². The fourth-order valence-electron chi connectivity index (χ4n) is 4.46.